The fourth-order valence-corrected chi connectivity index (χ4v) is 2.78. The molecule has 0 aromatic heterocycles. The van der Waals surface area contributed by atoms with Gasteiger partial charge < -0.3 is 5.11 Å². The summed E-state index contributed by atoms with van der Waals surface area (Å²) in [4.78, 5) is 0. The first-order valence-electron chi connectivity index (χ1n) is 5.96. The van der Waals surface area contributed by atoms with E-state index in [0.29, 0.717) is 5.41 Å². The monoisotopic (exact) mass is 196 g/mol. The van der Waals surface area contributed by atoms with Crippen LogP contribution in [0.25, 0.3) is 0 Å². The van der Waals surface area contributed by atoms with Crippen LogP contribution in [-0.4, -0.2) is 11.2 Å². The highest BCUT2D eigenvalue weighted by Gasteiger charge is 2.34. The number of rotatable bonds is 3. The van der Waals surface area contributed by atoms with Crippen molar-refractivity contribution in [3.05, 3.63) is 11.6 Å². The molecule has 14 heavy (non-hydrogen) atoms. The van der Waals surface area contributed by atoms with Crippen LogP contribution in [0.4, 0.5) is 0 Å². The third-order valence-corrected chi connectivity index (χ3v) is 3.91. The van der Waals surface area contributed by atoms with Gasteiger partial charge in [0, 0.05) is 0 Å². The second kappa shape index (κ2) is 4.97. The molecule has 1 nitrogen and oxygen atoms in total. The van der Waals surface area contributed by atoms with E-state index in [1.807, 2.05) is 0 Å². The first-order chi connectivity index (χ1) is 6.64. The molecular formula is C13H24O. The van der Waals surface area contributed by atoms with Crippen molar-refractivity contribution in [3.8, 4) is 0 Å². The van der Waals surface area contributed by atoms with Gasteiger partial charge in [-0.1, -0.05) is 25.0 Å². The molecule has 1 heteroatoms. The van der Waals surface area contributed by atoms with Crippen LogP contribution in [0.5, 0.6) is 0 Å². The Balaban J connectivity index is 2.72. The zero-order chi connectivity index (χ0) is 10.6. The van der Waals surface area contributed by atoms with E-state index < -0.39 is 0 Å². The highest BCUT2D eigenvalue weighted by Crippen LogP contribution is 2.45. The average Bonchev–Trinajstić information content (AvgIpc) is 2.21. The summed E-state index contributed by atoms with van der Waals surface area (Å²) in [6.07, 6.45) is 9.10. The van der Waals surface area contributed by atoms with Crippen molar-refractivity contribution >= 4 is 0 Å². The molecule has 1 saturated carbocycles. The number of hydrogen-bond acceptors (Lipinski definition) is 1. The number of aliphatic hydroxyl groups is 1. The zero-order valence-corrected chi connectivity index (χ0v) is 9.84. The van der Waals surface area contributed by atoms with Crippen molar-refractivity contribution in [1.82, 2.24) is 0 Å². The average molecular weight is 196 g/mol. The summed E-state index contributed by atoms with van der Waals surface area (Å²) < 4.78 is 0. The van der Waals surface area contributed by atoms with Gasteiger partial charge in [0.15, 0.2) is 0 Å². The Morgan fingerprint density at radius 1 is 1.43 bits per heavy atom. The fourth-order valence-electron chi connectivity index (χ4n) is 2.78. The van der Waals surface area contributed by atoms with E-state index in [9.17, 15) is 5.11 Å². The Bertz CT molecular complexity index is 197. The van der Waals surface area contributed by atoms with Gasteiger partial charge in [0.25, 0.3) is 0 Å². The van der Waals surface area contributed by atoms with Gasteiger partial charge in [-0.15, -0.1) is 0 Å². The van der Waals surface area contributed by atoms with Crippen LogP contribution in [0, 0.1) is 5.41 Å². The van der Waals surface area contributed by atoms with E-state index in [1.165, 1.54) is 31.3 Å². The zero-order valence-electron chi connectivity index (χ0n) is 9.84. The normalized spacial score (nSPS) is 34.6. The fraction of sp³-hybridized carbons (Fsp3) is 0.846. The maximum atomic E-state index is 9.54. The molecule has 0 atom stereocenters. The van der Waals surface area contributed by atoms with E-state index in [1.54, 1.807) is 0 Å². The third-order valence-electron chi connectivity index (χ3n) is 3.91. The second-order valence-corrected chi connectivity index (χ2v) is 4.73. The molecule has 0 saturated heterocycles. The summed E-state index contributed by atoms with van der Waals surface area (Å²) in [5, 5.41) is 9.54. The third kappa shape index (κ3) is 2.38. The van der Waals surface area contributed by atoms with E-state index in [0.717, 1.165) is 12.8 Å². The van der Waals surface area contributed by atoms with Crippen LogP contribution in [0.2, 0.25) is 0 Å². The lowest BCUT2D eigenvalue weighted by Crippen LogP contribution is -2.30. The van der Waals surface area contributed by atoms with Crippen molar-refractivity contribution in [1.29, 1.82) is 0 Å². The Labute approximate surface area is 88.2 Å². The summed E-state index contributed by atoms with van der Waals surface area (Å²) in [5.41, 5.74) is 1.95. The smallest absolute Gasteiger partial charge is 0.0540 e. The predicted molar refractivity (Wildman–Crippen MR) is 61.2 cm³/mol. The Kier molecular flexibility index (Phi) is 4.18. The lowest BCUT2D eigenvalue weighted by atomic mass is 9.66. The van der Waals surface area contributed by atoms with Gasteiger partial charge in [0.1, 0.15) is 0 Å². The van der Waals surface area contributed by atoms with Gasteiger partial charge >= 0.3 is 0 Å². The maximum absolute atomic E-state index is 9.54. The van der Waals surface area contributed by atoms with E-state index in [2.05, 4.69) is 26.8 Å². The van der Waals surface area contributed by atoms with Gasteiger partial charge in [0.2, 0.25) is 0 Å². The Hall–Kier alpha value is -0.300. The first kappa shape index (κ1) is 11.8. The van der Waals surface area contributed by atoms with Gasteiger partial charge in [-0.2, -0.15) is 0 Å². The molecule has 0 aliphatic heterocycles. The van der Waals surface area contributed by atoms with Crippen LogP contribution < -0.4 is 0 Å². The topological polar surface area (TPSA) is 20.2 Å². The quantitative estimate of drug-likeness (QED) is 0.683. The second-order valence-electron chi connectivity index (χ2n) is 4.73. The number of aliphatic hydroxyl groups excluding tert-OH is 1. The van der Waals surface area contributed by atoms with E-state index in [-0.39, 0.29) is 6.10 Å². The lowest BCUT2D eigenvalue weighted by Gasteiger charge is -2.40. The Morgan fingerprint density at radius 3 is 2.43 bits per heavy atom. The molecule has 0 heterocycles. The maximum Gasteiger partial charge on any atom is 0.0540 e. The molecule has 1 N–H and O–H groups in total. The molecule has 0 aromatic rings. The molecule has 1 rings (SSSR count). The van der Waals surface area contributed by atoms with Crippen LogP contribution in [0.3, 0.4) is 0 Å². The van der Waals surface area contributed by atoms with Crippen LogP contribution >= 0.6 is 0 Å². The minimum absolute atomic E-state index is 0.0374. The molecule has 82 valence electrons. The van der Waals surface area contributed by atoms with Crippen LogP contribution in [0.15, 0.2) is 11.6 Å². The molecule has 0 aromatic carbocycles. The predicted octanol–water partition coefficient (Wildman–Crippen LogP) is 3.67. The largest absolute Gasteiger partial charge is 0.393 e. The number of allylic oxidation sites excluding steroid dienone is 2. The van der Waals surface area contributed by atoms with E-state index in [4.69, 9.17) is 0 Å². The summed E-state index contributed by atoms with van der Waals surface area (Å²) in [7, 11) is 0. The van der Waals surface area contributed by atoms with Gasteiger partial charge in [-0.3, -0.25) is 0 Å². The molecule has 1 fully saturated rings. The van der Waals surface area contributed by atoms with Crippen molar-refractivity contribution in [2.45, 2.75) is 65.4 Å². The van der Waals surface area contributed by atoms with Gasteiger partial charge in [-0.05, 0) is 51.4 Å². The Morgan fingerprint density at radius 2 is 2.00 bits per heavy atom. The van der Waals surface area contributed by atoms with Gasteiger partial charge in [-0.25, -0.2) is 0 Å². The van der Waals surface area contributed by atoms with Crippen molar-refractivity contribution < 1.29 is 5.11 Å². The standard InChI is InChI=1S/C13H24O/c1-4-8-13(11(3)5-2)9-6-12(14)7-10-13/h5,12,14H,4,6-10H2,1-3H3/b11-5-. The molecule has 1 aliphatic carbocycles. The van der Waals surface area contributed by atoms with Crippen molar-refractivity contribution in [2.24, 2.45) is 5.41 Å². The van der Waals surface area contributed by atoms with Crippen molar-refractivity contribution in [2.75, 3.05) is 0 Å². The molecule has 0 spiro atoms. The first-order valence-corrected chi connectivity index (χ1v) is 5.96. The molecule has 0 unspecified atom stereocenters. The highest BCUT2D eigenvalue weighted by molar-refractivity contribution is 5.12. The number of hydrogen-bond donors (Lipinski definition) is 1. The van der Waals surface area contributed by atoms with Crippen molar-refractivity contribution in [3.63, 3.8) is 0 Å². The van der Waals surface area contributed by atoms with Crippen LogP contribution in [0.1, 0.15) is 59.3 Å². The van der Waals surface area contributed by atoms with Gasteiger partial charge in [0.05, 0.1) is 6.10 Å². The minimum Gasteiger partial charge on any atom is -0.393 e. The van der Waals surface area contributed by atoms with E-state index >= 15 is 0 Å². The molecule has 1 aliphatic rings. The summed E-state index contributed by atoms with van der Waals surface area (Å²) in [6.45, 7) is 6.65. The minimum atomic E-state index is -0.0374. The summed E-state index contributed by atoms with van der Waals surface area (Å²) in [6, 6.07) is 0. The molecule has 0 radical (unpaired) electrons. The molecule has 0 bridgehead atoms. The van der Waals surface area contributed by atoms with Crippen LogP contribution in [-0.2, 0) is 0 Å². The summed E-state index contributed by atoms with van der Waals surface area (Å²) >= 11 is 0. The lowest BCUT2D eigenvalue weighted by molar-refractivity contribution is 0.0749. The molecular weight excluding hydrogens is 172 g/mol. The molecule has 0 amide bonds. The highest BCUT2D eigenvalue weighted by atomic mass is 16.3. The SMILES string of the molecule is C/C=C(/C)C1(CCC)CCC(O)CC1. The summed E-state index contributed by atoms with van der Waals surface area (Å²) in [5.74, 6) is 0.